The van der Waals surface area contributed by atoms with Crippen LogP contribution >= 0.6 is 0 Å². The van der Waals surface area contributed by atoms with Crippen molar-refractivity contribution < 1.29 is 30.0 Å². The summed E-state index contributed by atoms with van der Waals surface area (Å²) in [6.07, 6.45) is 29.3. The Morgan fingerprint density at radius 3 is 1.26 bits per heavy atom. The molecule has 0 aliphatic heterocycles. The molecular formula is C40H62CaO6. The first-order valence-electron chi connectivity index (χ1n) is 18.4. The van der Waals surface area contributed by atoms with Crippen molar-refractivity contribution in [2.24, 2.45) is 0 Å². The molecule has 0 atom stereocenters. The summed E-state index contributed by atoms with van der Waals surface area (Å²) in [6.45, 7) is 4.49. The van der Waals surface area contributed by atoms with E-state index >= 15 is 0 Å². The van der Waals surface area contributed by atoms with E-state index in [1.807, 2.05) is 0 Å². The van der Waals surface area contributed by atoms with E-state index in [9.17, 15) is 24.9 Å². The summed E-state index contributed by atoms with van der Waals surface area (Å²) in [5.41, 5.74) is 1.28. The van der Waals surface area contributed by atoms with Crippen molar-refractivity contribution in [3.8, 4) is 11.5 Å². The van der Waals surface area contributed by atoms with E-state index in [-0.39, 0.29) is 54.6 Å². The van der Waals surface area contributed by atoms with Gasteiger partial charge in [-0.25, -0.2) is 4.79 Å². The number of aromatic carboxylic acids is 2. The molecule has 2 N–H and O–H groups in total. The Kier molecular flexibility index (Phi) is 29.2. The first-order valence-corrected chi connectivity index (χ1v) is 18.4. The Hall–Kier alpha value is -1.76. The zero-order chi connectivity index (χ0) is 33.8. The number of aromatic hydroxyl groups is 1. The molecule has 6 nitrogen and oxygen atoms in total. The molecule has 0 saturated carbocycles. The van der Waals surface area contributed by atoms with Crippen molar-refractivity contribution in [3.05, 3.63) is 58.7 Å². The Bertz CT molecular complexity index is 1000. The number of hydrogen-bond donors (Lipinski definition) is 2. The second-order valence-electron chi connectivity index (χ2n) is 12.8. The van der Waals surface area contributed by atoms with Gasteiger partial charge in [-0.15, -0.1) is 0 Å². The van der Waals surface area contributed by atoms with Gasteiger partial charge in [0.25, 0.3) is 0 Å². The van der Waals surface area contributed by atoms with Gasteiger partial charge in [0.2, 0.25) is 0 Å². The van der Waals surface area contributed by atoms with E-state index in [1.165, 1.54) is 128 Å². The summed E-state index contributed by atoms with van der Waals surface area (Å²) in [6, 6.07) is 9.60. The molecule has 0 radical (unpaired) electrons. The standard InChI is InChI=1S/2C20H32O3.Ca/c2*1-2-3-4-5-6-7-8-9-10-11-12-14-17-15-13-16-18(21)19(17)20(22)23;/h2*13,15-16,21H,2-12,14H2,1H3,(H,22,23);/q;;+2/p-2. The number of aryl methyl sites for hydroxylation is 2. The van der Waals surface area contributed by atoms with Crippen LogP contribution in [0.3, 0.4) is 0 Å². The first kappa shape index (κ1) is 45.2. The number of carbonyl (C=O) groups excluding carboxylic acids is 1. The third-order valence-electron chi connectivity index (χ3n) is 8.76. The zero-order valence-electron chi connectivity index (χ0n) is 29.7. The van der Waals surface area contributed by atoms with Crippen LogP contribution in [0.2, 0.25) is 0 Å². The van der Waals surface area contributed by atoms with Gasteiger partial charge in [-0.2, -0.15) is 0 Å². The molecule has 7 heteroatoms. The van der Waals surface area contributed by atoms with Crippen LogP contribution in [0.4, 0.5) is 0 Å². The van der Waals surface area contributed by atoms with Gasteiger partial charge in [0, 0.05) is 0 Å². The van der Waals surface area contributed by atoms with Crippen LogP contribution in [-0.2, 0) is 12.8 Å². The van der Waals surface area contributed by atoms with Crippen LogP contribution < -0.4 is 10.2 Å². The second kappa shape index (κ2) is 30.3. The van der Waals surface area contributed by atoms with E-state index in [0.29, 0.717) is 12.0 Å². The molecule has 0 heterocycles. The number of phenols is 1. The molecule has 260 valence electrons. The summed E-state index contributed by atoms with van der Waals surface area (Å²) < 4.78 is 0. The van der Waals surface area contributed by atoms with E-state index in [2.05, 4.69) is 13.8 Å². The fourth-order valence-corrected chi connectivity index (χ4v) is 6.02. The molecule has 0 aromatic heterocycles. The average molecular weight is 679 g/mol. The van der Waals surface area contributed by atoms with Gasteiger partial charge >= 0.3 is 43.7 Å². The molecule has 0 amide bonds. The number of carboxylic acid groups (broad SMARTS) is 2. The smallest absolute Gasteiger partial charge is 0.872 e. The SMILES string of the molecule is CCCCCCCCCCCCCc1cccc(O)c1C(=O)O.CCCCCCCCCCCCCc1cccc([O-])c1C(=O)[O-].[Ca+2]. The number of unbranched alkanes of at least 4 members (excludes halogenated alkanes) is 20. The minimum absolute atomic E-state index is 0. The quantitative estimate of drug-likeness (QED) is 0.0755. The largest absolute Gasteiger partial charge is 2.00 e. The Morgan fingerprint density at radius 2 is 0.894 bits per heavy atom. The van der Waals surface area contributed by atoms with Crippen molar-refractivity contribution in [2.45, 2.75) is 168 Å². The zero-order valence-corrected chi connectivity index (χ0v) is 31.9. The average Bonchev–Trinajstić information content (AvgIpc) is 3.02. The van der Waals surface area contributed by atoms with E-state index < -0.39 is 17.7 Å². The summed E-state index contributed by atoms with van der Waals surface area (Å²) >= 11 is 0. The third kappa shape index (κ3) is 21.8. The van der Waals surface area contributed by atoms with Gasteiger partial charge in [0.15, 0.2) is 0 Å². The van der Waals surface area contributed by atoms with E-state index in [0.717, 1.165) is 37.7 Å². The van der Waals surface area contributed by atoms with Crippen LogP contribution in [0.25, 0.3) is 0 Å². The topological polar surface area (TPSA) is 121 Å². The molecular weight excluding hydrogens is 617 g/mol. The van der Waals surface area contributed by atoms with Gasteiger partial charge < -0.3 is 25.2 Å². The van der Waals surface area contributed by atoms with Crippen LogP contribution in [-0.4, -0.2) is 59.9 Å². The number of rotatable bonds is 26. The van der Waals surface area contributed by atoms with Crippen LogP contribution in [0.1, 0.15) is 187 Å². The van der Waals surface area contributed by atoms with Crippen molar-refractivity contribution in [1.82, 2.24) is 0 Å². The second-order valence-corrected chi connectivity index (χ2v) is 12.8. The third-order valence-corrected chi connectivity index (χ3v) is 8.76. The molecule has 0 unspecified atom stereocenters. The van der Waals surface area contributed by atoms with Gasteiger partial charge in [-0.05, 0) is 48.4 Å². The molecule has 2 aromatic carbocycles. The molecule has 0 fully saturated rings. The maximum Gasteiger partial charge on any atom is 2.00 e. The molecule has 2 aromatic rings. The van der Waals surface area contributed by atoms with Crippen molar-refractivity contribution in [2.75, 3.05) is 0 Å². The Morgan fingerprint density at radius 1 is 0.553 bits per heavy atom. The van der Waals surface area contributed by atoms with Crippen LogP contribution in [0.15, 0.2) is 36.4 Å². The first-order chi connectivity index (χ1) is 22.3. The van der Waals surface area contributed by atoms with E-state index in [1.54, 1.807) is 24.3 Å². The maximum absolute atomic E-state index is 11.6. The van der Waals surface area contributed by atoms with E-state index in [4.69, 9.17) is 5.11 Å². The predicted molar refractivity (Wildman–Crippen MR) is 191 cm³/mol. The van der Waals surface area contributed by atoms with Crippen molar-refractivity contribution in [1.29, 1.82) is 0 Å². The van der Waals surface area contributed by atoms with Crippen molar-refractivity contribution in [3.63, 3.8) is 0 Å². The minimum atomic E-state index is -1.35. The van der Waals surface area contributed by atoms with Gasteiger partial charge in [0.05, 0.1) is 5.97 Å². The van der Waals surface area contributed by atoms with Gasteiger partial charge in [0.1, 0.15) is 11.3 Å². The minimum Gasteiger partial charge on any atom is -0.872 e. The molecule has 0 spiro atoms. The van der Waals surface area contributed by atoms with Crippen LogP contribution in [0.5, 0.6) is 11.5 Å². The predicted octanol–water partition coefficient (Wildman–Crippen LogP) is 9.54. The fraction of sp³-hybridized carbons (Fsp3) is 0.650. The molecule has 0 aliphatic rings. The Balaban J connectivity index is 0.000000882. The summed E-state index contributed by atoms with van der Waals surface area (Å²) in [5.74, 6) is -2.96. The van der Waals surface area contributed by atoms with Gasteiger partial charge in [-0.1, -0.05) is 178 Å². The number of benzene rings is 2. The number of hydrogen-bond acceptors (Lipinski definition) is 5. The molecule has 47 heavy (non-hydrogen) atoms. The summed E-state index contributed by atoms with van der Waals surface area (Å²) in [4.78, 5) is 22.2. The number of carbonyl (C=O) groups is 2. The Labute approximate surface area is 315 Å². The van der Waals surface area contributed by atoms with Gasteiger partial charge in [-0.3, -0.25) is 0 Å². The summed E-state index contributed by atoms with van der Waals surface area (Å²) in [5, 5.41) is 41.4. The number of carboxylic acids is 2. The molecule has 2 rings (SSSR count). The molecule has 0 bridgehead atoms. The fourth-order valence-electron chi connectivity index (χ4n) is 6.02. The molecule has 0 aliphatic carbocycles. The maximum atomic E-state index is 11.6. The van der Waals surface area contributed by atoms with Crippen LogP contribution in [0, 0.1) is 0 Å². The monoisotopic (exact) mass is 678 g/mol. The molecule has 0 saturated heterocycles. The normalized spacial score (nSPS) is 10.6. The summed E-state index contributed by atoms with van der Waals surface area (Å²) in [7, 11) is 0. The van der Waals surface area contributed by atoms with Crippen molar-refractivity contribution >= 4 is 49.7 Å².